The summed E-state index contributed by atoms with van der Waals surface area (Å²) in [6, 6.07) is 60.4. The molecular weight excluding hydrogens is 783 g/mol. The number of rotatable bonds is 7. The van der Waals surface area contributed by atoms with Crippen LogP contribution in [-0.4, -0.2) is 19.1 Å². The lowest BCUT2D eigenvalue weighted by Gasteiger charge is -2.25. The molecule has 6 heteroatoms. The monoisotopic (exact) mass is 821 g/mol. The van der Waals surface area contributed by atoms with E-state index in [0.29, 0.717) is 0 Å². The summed E-state index contributed by atoms with van der Waals surface area (Å²) in [6.07, 6.45) is 13.2. The van der Waals surface area contributed by atoms with Gasteiger partial charge in [0.15, 0.2) is 0 Å². The van der Waals surface area contributed by atoms with Crippen molar-refractivity contribution >= 4 is 85.3 Å². The standard InChI is InChI=1S/C58H39N5O/c1-2-51-44(43-23-9-10-26-52(43)64-51)28-27-37-15-11-21-41(35-37)61-47-31-29-45-46-30-32-48-54(58(46)63(40-19-7-4-8-20-40)57(45)53(47)55-49(61)24-13-33-59-55)56-50(25-14-34-60-56)62(48)42-22-12-18-39(36-42)38-16-5-3-6-17-38/h2-28,30-36,45H,1,29H2/b28-27+. The van der Waals surface area contributed by atoms with E-state index in [2.05, 4.69) is 178 Å². The zero-order chi connectivity index (χ0) is 42.3. The summed E-state index contributed by atoms with van der Waals surface area (Å²) >= 11 is 0. The lowest BCUT2D eigenvalue weighted by atomic mass is 9.90. The smallest absolute Gasteiger partial charge is 0.135 e. The third-order valence-electron chi connectivity index (χ3n) is 13.1. The molecule has 11 aromatic rings. The predicted molar refractivity (Wildman–Crippen MR) is 263 cm³/mol. The predicted octanol–water partition coefficient (Wildman–Crippen LogP) is 13.0. The van der Waals surface area contributed by atoms with Crippen molar-refractivity contribution in [2.45, 2.75) is 12.3 Å². The Labute approximate surface area is 368 Å². The van der Waals surface area contributed by atoms with E-state index in [9.17, 15) is 0 Å². The van der Waals surface area contributed by atoms with Crippen LogP contribution >= 0.6 is 0 Å². The Morgan fingerprint density at radius 1 is 0.594 bits per heavy atom. The maximum atomic E-state index is 6.12. The summed E-state index contributed by atoms with van der Waals surface area (Å²) in [5, 5.41) is 4.53. The molecule has 6 aromatic carbocycles. The zero-order valence-corrected chi connectivity index (χ0v) is 34.8. The van der Waals surface area contributed by atoms with Gasteiger partial charge in [-0.05, 0) is 114 Å². The van der Waals surface area contributed by atoms with E-state index in [1.165, 1.54) is 28.1 Å². The molecule has 6 nitrogen and oxygen atoms in total. The highest BCUT2D eigenvalue weighted by molar-refractivity contribution is 6.18. The first-order valence-electron chi connectivity index (χ1n) is 21.8. The molecular formula is C58H39N5O. The molecule has 1 atom stereocenters. The van der Waals surface area contributed by atoms with E-state index >= 15 is 0 Å². The van der Waals surface area contributed by atoms with Crippen molar-refractivity contribution in [1.82, 2.24) is 19.1 Å². The average Bonchev–Trinajstić information content (AvgIpc) is 4.10. The van der Waals surface area contributed by atoms with Crippen molar-refractivity contribution in [3.63, 3.8) is 0 Å². The molecule has 0 saturated carbocycles. The minimum atomic E-state index is 0.106. The lowest BCUT2D eigenvalue weighted by Crippen LogP contribution is -2.37. The molecule has 0 fully saturated rings. The molecule has 0 N–H and O–H groups in total. The largest absolute Gasteiger partial charge is 0.456 e. The first kappa shape index (κ1) is 36.2. The van der Waals surface area contributed by atoms with Gasteiger partial charge in [0.1, 0.15) is 11.3 Å². The minimum Gasteiger partial charge on any atom is -0.456 e. The Hall–Kier alpha value is -8.48. The number of pyridine rings is 2. The maximum absolute atomic E-state index is 6.12. The number of hydrogen-bond acceptors (Lipinski definition) is 4. The molecule has 0 amide bonds. The number of anilines is 2. The molecule has 6 heterocycles. The number of benzene rings is 6. The van der Waals surface area contributed by atoms with Crippen LogP contribution in [0.2, 0.25) is 0 Å². The van der Waals surface area contributed by atoms with Crippen LogP contribution < -0.4 is 15.5 Å². The minimum absolute atomic E-state index is 0.106. The Kier molecular flexibility index (Phi) is 8.09. The summed E-state index contributed by atoms with van der Waals surface area (Å²) in [5.41, 5.74) is 17.6. The number of hydrogen-bond donors (Lipinski definition) is 0. The molecule has 302 valence electrons. The number of fused-ring (bicyclic) bond motifs is 11. The van der Waals surface area contributed by atoms with E-state index in [1.807, 2.05) is 42.7 Å². The maximum Gasteiger partial charge on any atom is 0.135 e. The lowest BCUT2D eigenvalue weighted by molar-refractivity contribution is 0.603. The van der Waals surface area contributed by atoms with Crippen molar-refractivity contribution in [3.05, 3.63) is 222 Å². The molecule has 1 aliphatic carbocycles. The summed E-state index contributed by atoms with van der Waals surface area (Å²) in [4.78, 5) is 12.9. The van der Waals surface area contributed by atoms with Gasteiger partial charge in [0, 0.05) is 57.2 Å². The zero-order valence-electron chi connectivity index (χ0n) is 34.8. The fourth-order valence-corrected chi connectivity index (χ4v) is 10.4. The van der Waals surface area contributed by atoms with Gasteiger partial charge >= 0.3 is 0 Å². The van der Waals surface area contributed by atoms with Crippen LogP contribution in [0.5, 0.6) is 0 Å². The average molecular weight is 822 g/mol. The second-order valence-electron chi connectivity index (χ2n) is 16.5. The van der Waals surface area contributed by atoms with E-state index in [0.717, 1.165) is 94.9 Å². The van der Waals surface area contributed by atoms with Gasteiger partial charge in [-0.25, -0.2) is 0 Å². The molecule has 0 spiro atoms. The number of furan rings is 1. The topological polar surface area (TPSA) is 52.0 Å². The Bertz CT molecular complexity index is 3850. The first-order chi connectivity index (χ1) is 31.7. The molecule has 1 aliphatic heterocycles. The van der Waals surface area contributed by atoms with Crippen LogP contribution in [-0.2, 0) is 0 Å². The van der Waals surface area contributed by atoms with Gasteiger partial charge in [-0.15, -0.1) is 0 Å². The summed E-state index contributed by atoms with van der Waals surface area (Å²) in [6.45, 7) is 4.02. The quantitative estimate of drug-likeness (QED) is 0.161. The second-order valence-corrected chi connectivity index (χ2v) is 16.5. The van der Waals surface area contributed by atoms with Crippen molar-refractivity contribution in [1.29, 1.82) is 0 Å². The molecule has 2 aliphatic rings. The SMILES string of the molecule is C=Cc1oc2ccccc2c1/C=C/c1cccc(-n2c3c(c4ncccc42)=C2C(CC=3)c3ccc4c(c3N2c2ccccc2)c2ncccc2n4-c2cccc(-c3ccccc3)c2)c1. The normalized spacial score (nSPS) is 14.4. The number of nitrogens with zero attached hydrogens (tertiary/aromatic N) is 5. The van der Waals surface area contributed by atoms with Crippen molar-refractivity contribution < 1.29 is 4.42 Å². The Balaban J connectivity index is 1.03. The highest BCUT2D eigenvalue weighted by Gasteiger charge is 2.40. The van der Waals surface area contributed by atoms with Crippen molar-refractivity contribution in [3.8, 4) is 22.5 Å². The number of para-hydroxylation sites is 2. The third kappa shape index (κ3) is 5.39. The molecule has 5 aromatic heterocycles. The van der Waals surface area contributed by atoms with Gasteiger partial charge in [-0.3, -0.25) is 9.97 Å². The molecule has 0 radical (unpaired) electrons. The highest BCUT2D eigenvalue weighted by atomic mass is 16.3. The third-order valence-corrected chi connectivity index (χ3v) is 13.1. The van der Waals surface area contributed by atoms with Gasteiger partial charge in [-0.1, -0.05) is 116 Å². The molecule has 13 rings (SSSR count). The molecule has 0 bridgehead atoms. The Morgan fingerprint density at radius 2 is 1.30 bits per heavy atom. The van der Waals surface area contributed by atoms with Crippen LogP contribution in [0.25, 0.3) is 96.4 Å². The molecule has 64 heavy (non-hydrogen) atoms. The molecule has 0 saturated heterocycles. The van der Waals surface area contributed by atoms with Gasteiger partial charge in [0.2, 0.25) is 0 Å². The molecule has 1 unspecified atom stereocenters. The van der Waals surface area contributed by atoms with Crippen LogP contribution in [0.3, 0.4) is 0 Å². The van der Waals surface area contributed by atoms with Crippen molar-refractivity contribution in [2.24, 2.45) is 0 Å². The summed E-state index contributed by atoms with van der Waals surface area (Å²) in [5.74, 6) is 0.872. The van der Waals surface area contributed by atoms with E-state index in [1.54, 1.807) is 6.08 Å². The van der Waals surface area contributed by atoms with Crippen molar-refractivity contribution in [2.75, 3.05) is 4.90 Å². The van der Waals surface area contributed by atoms with Gasteiger partial charge in [0.05, 0.1) is 44.0 Å². The van der Waals surface area contributed by atoms with Gasteiger partial charge in [0.25, 0.3) is 0 Å². The van der Waals surface area contributed by atoms with Crippen LogP contribution in [0.1, 0.15) is 34.8 Å². The van der Waals surface area contributed by atoms with E-state index < -0.39 is 0 Å². The van der Waals surface area contributed by atoms with E-state index in [-0.39, 0.29) is 5.92 Å². The van der Waals surface area contributed by atoms with Crippen LogP contribution in [0.4, 0.5) is 11.4 Å². The first-order valence-corrected chi connectivity index (χ1v) is 21.8. The second kappa shape index (κ2) is 14.3. The fraction of sp³-hybridized carbons (Fsp3) is 0.0345. The van der Waals surface area contributed by atoms with E-state index in [4.69, 9.17) is 14.4 Å². The highest BCUT2D eigenvalue weighted by Crippen LogP contribution is 2.55. The summed E-state index contributed by atoms with van der Waals surface area (Å²) < 4.78 is 10.9. The van der Waals surface area contributed by atoms with Gasteiger partial charge in [-0.2, -0.15) is 0 Å². The van der Waals surface area contributed by atoms with Crippen LogP contribution in [0, 0.1) is 0 Å². The summed E-state index contributed by atoms with van der Waals surface area (Å²) in [7, 11) is 0. The Morgan fingerprint density at radius 3 is 2.12 bits per heavy atom. The van der Waals surface area contributed by atoms with Gasteiger partial charge < -0.3 is 18.5 Å². The van der Waals surface area contributed by atoms with Crippen LogP contribution in [0.15, 0.2) is 193 Å². The fourth-order valence-electron chi connectivity index (χ4n) is 10.4. The number of aromatic nitrogens is 4.